The van der Waals surface area contributed by atoms with E-state index in [4.69, 9.17) is 9.47 Å². The van der Waals surface area contributed by atoms with Crippen LogP contribution in [0.1, 0.15) is 21.7 Å². The van der Waals surface area contributed by atoms with Gasteiger partial charge < -0.3 is 14.8 Å². The summed E-state index contributed by atoms with van der Waals surface area (Å²) in [5, 5.41) is 11.9. The van der Waals surface area contributed by atoms with Gasteiger partial charge in [-0.2, -0.15) is 0 Å². The highest BCUT2D eigenvalue weighted by molar-refractivity contribution is 7.98. The first-order valence-electron chi connectivity index (χ1n) is 10.0. The topological polar surface area (TPSA) is 104 Å². The number of benzene rings is 2. The molecule has 0 fully saturated rings. The zero-order chi connectivity index (χ0) is 23.2. The van der Waals surface area contributed by atoms with Gasteiger partial charge >= 0.3 is 0 Å². The van der Waals surface area contributed by atoms with Gasteiger partial charge in [-0.1, -0.05) is 34.7 Å². The number of hydrogen-bond acceptors (Lipinski definition) is 8. The van der Waals surface area contributed by atoms with Gasteiger partial charge in [0.05, 0.1) is 25.6 Å². The van der Waals surface area contributed by atoms with Crippen molar-refractivity contribution < 1.29 is 14.3 Å². The van der Waals surface area contributed by atoms with Gasteiger partial charge in [0.15, 0.2) is 22.3 Å². The Kier molecular flexibility index (Phi) is 6.84. The number of amides is 1. The van der Waals surface area contributed by atoms with E-state index in [1.54, 1.807) is 48.5 Å². The summed E-state index contributed by atoms with van der Waals surface area (Å²) >= 11 is 1.40. The Bertz CT molecular complexity index is 1250. The number of aryl methyl sites for hydroxylation is 1. The third-order valence-electron chi connectivity index (χ3n) is 4.78. The van der Waals surface area contributed by atoms with Crippen LogP contribution in [0.2, 0.25) is 0 Å². The molecule has 0 spiro atoms. The smallest absolute Gasteiger partial charge is 0.278 e. The fourth-order valence-corrected chi connectivity index (χ4v) is 3.89. The Morgan fingerprint density at radius 3 is 2.45 bits per heavy atom. The van der Waals surface area contributed by atoms with Gasteiger partial charge in [0.1, 0.15) is 0 Å². The SMILES string of the molecule is COc1ccc(NC(=O)c2nnn(-c3ccc(C)cc3)c2CSc2ncccn2)cc1OC. The molecule has 2 heterocycles. The highest BCUT2D eigenvalue weighted by Crippen LogP contribution is 2.30. The van der Waals surface area contributed by atoms with Crippen LogP contribution in [0.3, 0.4) is 0 Å². The van der Waals surface area contributed by atoms with Gasteiger partial charge in [-0.15, -0.1) is 5.10 Å². The van der Waals surface area contributed by atoms with Crippen molar-refractivity contribution in [2.45, 2.75) is 17.8 Å². The molecular weight excluding hydrogens is 440 g/mol. The van der Waals surface area contributed by atoms with Crippen LogP contribution in [-0.4, -0.2) is 45.1 Å². The molecule has 0 aliphatic rings. The standard InChI is InChI=1S/C23H22N6O3S/c1-15-5-8-17(9-6-15)29-18(14-33-23-24-11-4-12-25-23)21(27-28-29)22(30)26-16-7-10-19(31-2)20(13-16)32-3/h4-13H,14H2,1-3H3,(H,26,30). The van der Waals surface area contributed by atoms with Crippen molar-refractivity contribution in [1.82, 2.24) is 25.0 Å². The Hall–Kier alpha value is -3.92. The molecular formula is C23H22N6O3S. The van der Waals surface area contributed by atoms with E-state index in [0.717, 1.165) is 11.3 Å². The highest BCUT2D eigenvalue weighted by atomic mass is 32.2. The molecule has 0 aliphatic heterocycles. The maximum absolute atomic E-state index is 13.2. The Labute approximate surface area is 195 Å². The average molecular weight is 463 g/mol. The van der Waals surface area contributed by atoms with Crippen molar-refractivity contribution in [1.29, 1.82) is 0 Å². The van der Waals surface area contributed by atoms with Gasteiger partial charge in [-0.25, -0.2) is 14.6 Å². The predicted octanol–water partition coefficient (Wildman–Crippen LogP) is 3.93. The number of rotatable bonds is 8. The summed E-state index contributed by atoms with van der Waals surface area (Å²) in [5.41, 5.74) is 3.33. The average Bonchev–Trinajstić information content (AvgIpc) is 3.27. The zero-order valence-electron chi connectivity index (χ0n) is 18.3. The molecule has 0 bridgehead atoms. The molecule has 9 nitrogen and oxygen atoms in total. The molecule has 33 heavy (non-hydrogen) atoms. The Balaban J connectivity index is 1.65. The Morgan fingerprint density at radius 1 is 1.03 bits per heavy atom. The van der Waals surface area contributed by atoms with Crippen LogP contribution in [0.4, 0.5) is 5.69 Å². The molecule has 10 heteroatoms. The minimum absolute atomic E-state index is 0.216. The van der Waals surface area contributed by atoms with Crippen LogP contribution in [0, 0.1) is 6.92 Å². The van der Waals surface area contributed by atoms with Crippen LogP contribution >= 0.6 is 11.8 Å². The van der Waals surface area contributed by atoms with E-state index in [2.05, 4.69) is 25.6 Å². The zero-order valence-corrected chi connectivity index (χ0v) is 19.2. The second-order valence-corrected chi connectivity index (χ2v) is 7.92. The molecule has 1 N–H and O–H groups in total. The summed E-state index contributed by atoms with van der Waals surface area (Å²) in [6.45, 7) is 2.01. The van der Waals surface area contributed by atoms with E-state index in [9.17, 15) is 4.79 Å². The lowest BCUT2D eigenvalue weighted by molar-refractivity contribution is 0.102. The minimum Gasteiger partial charge on any atom is -0.493 e. The van der Waals surface area contributed by atoms with Crippen molar-refractivity contribution in [2.24, 2.45) is 0 Å². The summed E-state index contributed by atoms with van der Waals surface area (Å²) in [4.78, 5) is 21.7. The fourth-order valence-electron chi connectivity index (χ4n) is 3.10. The van der Waals surface area contributed by atoms with Crippen LogP contribution in [0.5, 0.6) is 11.5 Å². The largest absolute Gasteiger partial charge is 0.493 e. The van der Waals surface area contributed by atoms with Crippen LogP contribution in [0.25, 0.3) is 5.69 Å². The fraction of sp³-hybridized carbons (Fsp3) is 0.174. The summed E-state index contributed by atoms with van der Waals surface area (Å²) in [7, 11) is 3.09. The summed E-state index contributed by atoms with van der Waals surface area (Å²) in [6, 6.07) is 14.7. The first-order valence-corrected chi connectivity index (χ1v) is 11.0. The number of methoxy groups -OCH3 is 2. The molecule has 0 unspecified atom stereocenters. The molecule has 168 valence electrons. The molecule has 0 radical (unpaired) electrons. The number of ether oxygens (including phenoxy) is 2. The number of hydrogen-bond donors (Lipinski definition) is 1. The van der Waals surface area contributed by atoms with Crippen LogP contribution in [-0.2, 0) is 5.75 Å². The molecule has 0 saturated carbocycles. The van der Waals surface area contributed by atoms with E-state index in [-0.39, 0.29) is 11.6 Å². The van der Waals surface area contributed by atoms with Gasteiger partial charge in [0.25, 0.3) is 5.91 Å². The lowest BCUT2D eigenvalue weighted by Gasteiger charge is -2.11. The number of nitrogens with zero attached hydrogens (tertiary/aromatic N) is 5. The Morgan fingerprint density at radius 2 is 1.76 bits per heavy atom. The van der Waals surface area contributed by atoms with E-state index in [0.29, 0.717) is 33.8 Å². The number of nitrogens with one attached hydrogen (secondary N) is 1. The highest BCUT2D eigenvalue weighted by Gasteiger charge is 2.22. The molecule has 4 aromatic rings. The first-order chi connectivity index (χ1) is 16.1. The van der Waals surface area contributed by atoms with Crippen molar-refractivity contribution in [3.8, 4) is 17.2 Å². The van der Waals surface area contributed by atoms with Crippen molar-refractivity contribution in [3.05, 3.63) is 77.9 Å². The maximum atomic E-state index is 13.2. The van der Waals surface area contributed by atoms with E-state index in [1.807, 2.05) is 31.2 Å². The summed E-state index contributed by atoms with van der Waals surface area (Å²) in [5.74, 6) is 1.10. The first kappa shape index (κ1) is 22.3. The second kappa shape index (κ2) is 10.1. The van der Waals surface area contributed by atoms with E-state index in [1.165, 1.54) is 18.9 Å². The van der Waals surface area contributed by atoms with Gasteiger partial charge in [-0.3, -0.25) is 4.79 Å². The van der Waals surface area contributed by atoms with Gasteiger partial charge in [0, 0.05) is 29.9 Å². The molecule has 0 atom stereocenters. The van der Waals surface area contributed by atoms with Crippen LogP contribution < -0.4 is 14.8 Å². The van der Waals surface area contributed by atoms with E-state index < -0.39 is 0 Å². The lowest BCUT2D eigenvalue weighted by atomic mass is 10.2. The summed E-state index contributed by atoms with van der Waals surface area (Å²) < 4.78 is 12.2. The molecule has 4 rings (SSSR count). The third-order valence-corrected chi connectivity index (χ3v) is 5.67. The van der Waals surface area contributed by atoms with Crippen molar-refractivity contribution >= 4 is 23.4 Å². The number of anilines is 1. The quantitative estimate of drug-likeness (QED) is 0.310. The lowest BCUT2D eigenvalue weighted by Crippen LogP contribution is -2.15. The number of thioether (sulfide) groups is 1. The second-order valence-electron chi connectivity index (χ2n) is 6.98. The molecule has 2 aromatic heterocycles. The number of carbonyl (C=O) groups is 1. The van der Waals surface area contributed by atoms with Crippen molar-refractivity contribution in [2.75, 3.05) is 19.5 Å². The molecule has 2 aromatic carbocycles. The maximum Gasteiger partial charge on any atom is 0.278 e. The van der Waals surface area contributed by atoms with Gasteiger partial charge in [0.2, 0.25) is 0 Å². The molecule has 0 aliphatic carbocycles. The minimum atomic E-state index is -0.384. The predicted molar refractivity (Wildman–Crippen MR) is 125 cm³/mol. The summed E-state index contributed by atoms with van der Waals surface area (Å²) in [6.07, 6.45) is 3.35. The molecule has 0 saturated heterocycles. The van der Waals surface area contributed by atoms with E-state index >= 15 is 0 Å². The van der Waals surface area contributed by atoms with Gasteiger partial charge in [-0.05, 0) is 37.3 Å². The molecule has 1 amide bonds. The monoisotopic (exact) mass is 462 g/mol. The van der Waals surface area contributed by atoms with Crippen LogP contribution in [0.15, 0.2) is 66.1 Å². The van der Waals surface area contributed by atoms with Crippen molar-refractivity contribution in [3.63, 3.8) is 0 Å². The number of carbonyl (C=O) groups excluding carboxylic acids is 1. The third kappa shape index (κ3) is 5.12. The number of aromatic nitrogens is 5. The normalized spacial score (nSPS) is 10.6.